The number of urea groups is 1. The van der Waals surface area contributed by atoms with Crippen molar-refractivity contribution in [1.29, 1.82) is 0 Å². The summed E-state index contributed by atoms with van der Waals surface area (Å²) >= 11 is 0. The van der Waals surface area contributed by atoms with E-state index >= 15 is 0 Å². The van der Waals surface area contributed by atoms with E-state index in [1.807, 2.05) is 0 Å². The van der Waals surface area contributed by atoms with Gasteiger partial charge in [-0.25, -0.2) is 9.59 Å². The van der Waals surface area contributed by atoms with Crippen LogP contribution in [0.15, 0.2) is 0 Å². The van der Waals surface area contributed by atoms with Crippen molar-refractivity contribution < 1.29 is 19.4 Å². The predicted octanol–water partition coefficient (Wildman–Crippen LogP) is 1.55. The van der Waals surface area contributed by atoms with Gasteiger partial charge in [0.05, 0.1) is 6.10 Å². The molecule has 3 atom stereocenters. The molecule has 0 aromatic carbocycles. The number of carboxylic acid groups (broad SMARTS) is 1. The quantitative estimate of drug-likeness (QED) is 0.825. The van der Waals surface area contributed by atoms with Crippen molar-refractivity contribution in [1.82, 2.24) is 10.2 Å². The topological polar surface area (TPSA) is 78.9 Å². The maximum Gasteiger partial charge on any atom is 0.326 e. The molecule has 2 unspecified atom stereocenters. The van der Waals surface area contributed by atoms with Crippen LogP contribution in [0.3, 0.4) is 0 Å². The zero-order chi connectivity index (χ0) is 15.5. The van der Waals surface area contributed by atoms with Crippen LogP contribution >= 0.6 is 0 Å². The Labute approximate surface area is 120 Å². The van der Waals surface area contributed by atoms with E-state index in [1.165, 1.54) is 0 Å². The molecule has 1 saturated heterocycles. The molecule has 20 heavy (non-hydrogen) atoms. The van der Waals surface area contributed by atoms with Crippen LogP contribution in [0.1, 0.15) is 34.1 Å². The van der Waals surface area contributed by atoms with Crippen LogP contribution in [0.25, 0.3) is 0 Å². The van der Waals surface area contributed by atoms with Gasteiger partial charge in [0.15, 0.2) is 0 Å². The Morgan fingerprint density at radius 1 is 1.40 bits per heavy atom. The Morgan fingerprint density at radius 3 is 2.45 bits per heavy atom. The Hall–Kier alpha value is -1.30. The first-order valence-corrected chi connectivity index (χ1v) is 6.98. The highest BCUT2D eigenvalue weighted by atomic mass is 16.5. The van der Waals surface area contributed by atoms with Crippen LogP contribution in [0, 0.1) is 11.3 Å². The molecule has 0 radical (unpaired) electrons. The second-order valence-corrected chi connectivity index (χ2v) is 6.57. The highest BCUT2D eigenvalue weighted by Crippen LogP contribution is 2.22. The van der Waals surface area contributed by atoms with Crippen molar-refractivity contribution >= 4 is 12.0 Å². The van der Waals surface area contributed by atoms with Crippen molar-refractivity contribution in [2.24, 2.45) is 11.3 Å². The summed E-state index contributed by atoms with van der Waals surface area (Å²) in [7, 11) is 1.64. The number of rotatable bonds is 3. The molecular formula is C14H26N2O4. The first kappa shape index (κ1) is 16.8. The van der Waals surface area contributed by atoms with Crippen molar-refractivity contribution in [3.63, 3.8) is 0 Å². The van der Waals surface area contributed by atoms with Gasteiger partial charge in [-0.3, -0.25) is 0 Å². The SMILES string of the molecule is COC1CN(C(=O)N[C@H](C(=O)O)C(C)(C)C)CCC1C. The molecule has 6 nitrogen and oxygen atoms in total. The summed E-state index contributed by atoms with van der Waals surface area (Å²) in [5.74, 6) is -0.610. The van der Waals surface area contributed by atoms with E-state index < -0.39 is 17.4 Å². The summed E-state index contributed by atoms with van der Waals surface area (Å²) in [6, 6.07) is -1.24. The molecule has 0 saturated carbocycles. The Kier molecular flexibility index (Phi) is 5.39. The lowest BCUT2D eigenvalue weighted by Gasteiger charge is -2.37. The predicted molar refractivity (Wildman–Crippen MR) is 75.6 cm³/mol. The monoisotopic (exact) mass is 286 g/mol. The highest BCUT2D eigenvalue weighted by molar-refractivity contribution is 5.83. The number of carbonyl (C=O) groups is 2. The Balaban J connectivity index is 2.68. The highest BCUT2D eigenvalue weighted by Gasteiger charge is 2.35. The third-order valence-corrected chi connectivity index (χ3v) is 3.86. The lowest BCUT2D eigenvalue weighted by atomic mass is 9.87. The molecule has 1 aliphatic heterocycles. The fourth-order valence-electron chi connectivity index (χ4n) is 2.39. The Bertz CT molecular complexity index is 365. The van der Waals surface area contributed by atoms with Crippen LogP contribution in [-0.4, -0.2) is 54.4 Å². The van der Waals surface area contributed by atoms with Gasteiger partial charge in [0, 0.05) is 20.2 Å². The molecule has 0 aromatic rings. The van der Waals surface area contributed by atoms with Crippen LogP contribution in [0.2, 0.25) is 0 Å². The lowest BCUT2D eigenvalue weighted by molar-refractivity contribution is -0.142. The number of nitrogens with one attached hydrogen (secondary N) is 1. The third kappa shape index (κ3) is 4.10. The minimum Gasteiger partial charge on any atom is -0.480 e. The van der Waals surface area contributed by atoms with Crippen molar-refractivity contribution in [3.8, 4) is 0 Å². The number of ether oxygens (including phenoxy) is 1. The second-order valence-electron chi connectivity index (χ2n) is 6.57. The summed E-state index contributed by atoms with van der Waals surface area (Å²) < 4.78 is 5.37. The first-order valence-electron chi connectivity index (χ1n) is 6.98. The number of likely N-dealkylation sites (tertiary alicyclic amines) is 1. The van der Waals surface area contributed by atoms with Crippen LogP contribution < -0.4 is 5.32 Å². The van der Waals surface area contributed by atoms with Gasteiger partial charge >= 0.3 is 12.0 Å². The number of hydrogen-bond acceptors (Lipinski definition) is 3. The zero-order valence-corrected chi connectivity index (χ0v) is 13.0. The van der Waals surface area contributed by atoms with Gasteiger partial charge < -0.3 is 20.1 Å². The van der Waals surface area contributed by atoms with E-state index in [0.29, 0.717) is 19.0 Å². The molecule has 1 rings (SSSR count). The molecule has 116 valence electrons. The number of piperidine rings is 1. The summed E-state index contributed by atoms with van der Waals surface area (Å²) in [5, 5.41) is 11.9. The van der Waals surface area contributed by atoms with Gasteiger partial charge in [-0.15, -0.1) is 0 Å². The molecule has 0 aromatic heterocycles. The first-order chi connectivity index (χ1) is 9.16. The van der Waals surface area contributed by atoms with E-state index in [9.17, 15) is 14.7 Å². The summed E-state index contributed by atoms with van der Waals surface area (Å²) in [6.45, 7) is 8.61. The molecular weight excluding hydrogens is 260 g/mol. The number of amides is 2. The molecule has 2 N–H and O–H groups in total. The maximum absolute atomic E-state index is 12.2. The molecule has 6 heteroatoms. The fraction of sp³-hybridized carbons (Fsp3) is 0.857. The second kappa shape index (κ2) is 6.43. The number of methoxy groups -OCH3 is 1. The van der Waals surface area contributed by atoms with Gasteiger partial charge in [0.25, 0.3) is 0 Å². The van der Waals surface area contributed by atoms with Gasteiger partial charge in [0.1, 0.15) is 6.04 Å². The fourth-order valence-corrected chi connectivity index (χ4v) is 2.39. The van der Waals surface area contributed by atoms with Crippen molar-refractivity contribution in [2.45, 2.75) is 46.3 Å². The van der Waals surface area contributed by atoms with Crippen molar-refractivity contribution in [2.75, 3.05) is 20.2 Å². The largest absolute Gasteiger partial charge is 0.480 e. The van der Waals surface area contributed by atoms with Gasteiger partial charge in [0.2, 0.25) is 0 Å². The van der Waals surface area contributed by atoms with E-state index in [4.69, 9.17) is 4.74 Å². The molecule has 1 fully saturated rings. The number of nitrogens with zero attached hydrogens (tertiary/aromatic N) is 1. The molecule has 2 amide bonds. The van der Waals surface area contributed by atoms with Crippen molar-refractivity contribution in [3.05, 3.63) is 0 Å². The van der Waals surface area contributed by atoms with Crippen LogP contribution in [0.4, 0.5) is 4.79 Å². The number of aliphatic carboxylic acids is 1. The van der Waals surface area contributed by atoms with Crippen LogP contribution in [-0.2, 0) is 9.53 Å². The average molecular weight is 286 g/mol. The van der Waals surface area contributed by atoms with E-state index in [-0.39, 0.29) is 12.1 Å². The third-order valence-electron chi connectivity index (χ3n) is 3.86. The maximum atomic E-state index is 12.2. The van der Waals surface area contributed by atoms with E-state index in [1.54, 1.807) is 32.8 Å². The lowest BCUT2D eigenvalue weighted by Crippen LogP contribution is -2.56. The Morgan fingerprint density at radius 2 is 2.00 bits per heavy atom. The molecule has 1 aliphatic rings. The zero-order valence-electron chi connectivity index (χ0n) is 13.0. The molecule has 1 heterocycles. The molecule has 0 spiro atoms. The van der Waals surface area contributed by atoms with E-state index in [2.05, 4.69) is 12.2 Å². The average Bonchev–Trinajstić information content (AvgIpc) is 2.34. The van der Waals surface area contributed by atoms with Crippen LogP contribution in [0.5, 0.6) is 0 Å². The smallest absolute Gasteiger partial charge is 0.326 e. The molecule has 0 aliphatic carbocycles. The summed E-state index contributed by atoms with van der Waals surface area (Å²) in [6.07, 6.45) is 0.867. The van der Waals surface area contributed by atoms with Gasteiger partial charge in [-0.05, 0) is 17.8 Å². The number of carboxylic acids is 1. The minimum atomic E-state index is -1.01. The van der Waals surface area contributed by atoms with Gasteiger partial charge in [-0.2, -0.15) is 0 Å². The number of carbonyl (C=O) groups excluding carboxylic acids is 1. The summed E-state index contributed by atoms with van der Waals surface area (Å²) in [4.78, 5) is 25.1. The van der Waals surface area contributed by atoms with E-state index in [0.717, 1.165) is 6.42 Å². The number of hydrogen-bond donors (Lipinski definition) is 2. The molecule has 0 bridgehead atoms. The minimum absolute atomic E-state index is 0.00687. The standard InChI is InChI=1S/C14H26N2O4/c1-9-6-7-16(8-10(9)20-5)13(19)15-11(12(17)18)14(2,3)4/h9-11H,6-8H2,1-5H3,(H,15,19)(H,17,18)/t9?,10?,11-/m1/s1. The normalized spacial score (nSPS) is 25.1. The van der Waals surface area contributed by atoms with Gasteiger partial charge in [-0.1, -0.05) is 27.7 Å². The summed E-state index contributed by atoms with van der Waals surface area (Å²) in [5.41, 5.74) is -0.536.